The van der Waals surface area contributed by atoms with Gasteiger partial charge in [-0.2, -0.15) is 4.31 Å². The third-order valence-electron chi connectivity index (χ3n) is 3.22. The van der Waals surface area contributed by atoms with Crippen molar-refractivity contribution in [3.63, 3.8) is 0 Å². The monoisotopic (exact) mass is 365 g/mol. The molecule has 1 aliphatic rings. The second kappa shape index (κ2) is 5.79. The predicted octanol–water partition coefficient (Wildman–Crippen LogP) is 2.07. The SMILES string of the molecule is O=C(O)CC1CCN(S(=O)(=O)c2ccc(Br)cc2F)C1. The first kappa shape index (κ1) is 15.4. The Labute approximate surface area is 124 Å². The normalized spacial score (nSPS) is 20.2. The van der Waals surface area contributed by atoms with Gasteiger partial charge in [-0.05, 0) is 30.5 Å². The molecule has 0 aliphatic carbocycles. The first-order chi connectivity index (χ1) is 9.30. The summed E-state index contributed by atoms with van der Waals surface area (Å²) in [5.41, 5.74) is 0. The Hall–Kier alpha value is -0.990. The fourth-order valence-electron chi connectivity index (χ4n) is 2.25. The number of carboxylic acid groups (broad SMARTS) is 1. The number of nitrogens with zero attached hydrogens (tertiary/aromatic N) is 1. The maximum atomic E-state index is 13.8. The molecule has 0 saturated carbocycles. The van der Waals surface area contributed by atoms with Crippen LogP contribution in [-0.2, 0) is 14.8 Å². The van der Waals surface area contributed by atoms with Crippen LogP contribution in [0, 0.1) is 11.7 Å². The molecule has 1 fully saturated rings. The van der Waals surface area contributed by atoms with Crippen LogP contribution in [0.4, 0.5) is 4.39 Å². The Morgan fingerprint density at radius 3 is 2.80 bits per heavy atom. The van der Waals surface area contributed by atoms with E-state index in [4.69, 9.17) is 5.11 Å². The first-order valence-corrected chi connectivity index (χ1v) is 8.21. The molecule has 1 heterocycles. The Kier molecular flexibility index (Phi) is 4.46. The Morgan fingerprint density at radius 2 is 2.20 bits per heavy atom. The number of aliphatic carboxylic acids is 1. The maximum Gasteiger partial charge on any atom is 0.303 e. The van der Waals surface area contributed by atoms with Crippen LogP contribution in [0.25, 0.3) is 0 Å². The summed E-state index contributed by atoms with van der Waals surface area (Å²) in [6.45, 7) is 0.333. The van der Waals surface area contributed by atoms with E-state index in [1.54, 1.807) is 0 Å². The van der Waals surface area contributed by atoms with Gasteiger partial charge in [-0.15, -0.1) is 0 Å². The summed E-state index contributed by atoms with van der Waals surface area (Å²) < 4.78 is 40.0. The van der Waals surface area contributed by atoms with Gasteiger partial charge in [0.1, 0.15) is 10.7 Å². The molecule has 20 heavy (non-hydrogen) atoms. The van der Waals surface area contributed by atoms with Crippen LogP contribution in [0.2, 0.25) is 0 Å². The Bertz CT molecular complexity index is 634. The fourth-order valence-corrected chi connectivity index (χ4v) is 4.16. The van der Waals surface area contributed by atoms with Gasteiger partial charge >= 0.3 is 5.97 Å². The van der Waals surface area contributed by atoms with Crippen LogP contribution in [0.1, 0.15) is 12.8 Å². The third kappa shape index (κ3) is 3.18. The molecule has 8 heteroatoms. The van der Waals surface area contributed by atoms with Gasteiger partial charge in [0, 0.05) is 24.0 Å². The highest BCUT2D eigenvalue weighted by molar-refractivity contribution is 9.10. The van der Waals surface area contributed by atoms with Gasteiger partial charge in [-0.25, -0.2) is 12.8 Å². The second-order valence-electron chi connectivity index (χ2n) is 4.69. The van der Waals surface area contributed by atoms with Crippen molar-refractivity contribution in [2.75, 3.05) is 13.1 Å². The van der Waals surface area contributed by atoms with Crippen LogP contribution in [0.3, 0.4) is 0 Å². The van der Waals surface area contributed by atoms with E-state index < -0.39 is 21.8 Å². The maximum absolute atomic E-state index is 13.8. The van der Waals surface area contributed by atoms with Crippen LogP contribution in [0.15, 0.2) is 27.6 Å². The number of halogens is 2. The van der Waals surface area contributed by atoms with E-state index in [-0.39, 0.29) is 30.3 Å². The summed E-state index contributed by atoms with van der Waals surface area (Å²) in [7, 11) is -3.91. The lowest BCUT2D eigenvalue weighted by Crippen LogP contribution is -2.29. The van der Waals surface area contributed by atoms with E-state index in [0.717, 1.165) is 10.4 Å². The van der Waals surface area contributed by atoms with Crippen molar-refractivity contribution in [2.45, 2.75) is 17.7 Å². The molecule has 1 unspecified atom stereocenters. The highest BCUT2D eigenvalue weighted by Crippen LogP contribution is 2.28. The highest BCUT2D eigenvalue weighted by Gasteiger charge is 2.34. The molecule has 1 saturated heterocycles. The van der Waals surface area contributed by atoms with Crippen molar-refractivity contribution in [2.24, 2.45) is 5.92 Å². The van der Waals surface area contributed by atoms with Crippen molar-refractivity contribution >= 4 is 31.9 Å². The number of carbonyl (C=O) groups is 1. The number of rotatable bonds is 4. The van der Waals surface area contributed by atoms with Crippen molar-refractivity contribution in [1.82, 2.24) is 4.31 Å². The molecule has 1 N–H and O–H groups in total. The molecule has 5 nitrogen and oxygen atoms in total. The summed E-state index contributed by atoms with van der Waals surface area (Å²) in [5.74, 6) is -1.99. The van der Waals surface area contributed by atoms with Crippen LogP contribution < -0.4 is 0 Å². The number of sulfonamides is 1. The lowest BCUT2D eigenvalue weighted by molar-refractivity contribution is -0.137. The van der Waals surface area contributed by atoms with Gasteiger partial charge in [-0.1, -0.05) is 15.9 Å². The quantitative estimate of drug-likeness (QED) is 0.886. The molecule has 0 amide bonds. The molecule has 1 aromatic rings. The molecule has 2 rings (SSSR count). The summed E-state index contributed by atoms with van der Waals surface area (Å²) in [4.78, 5) is 10.3. The number of carboxylic acids is 1. The molecule has 1 aromatic carbocycles. The van der Waals surface area contributed by atoms with E-state index in [2.05, 4.69) is 15.9 Å². The van der Waals surface area contributed by atoms with Crippen molar-refractivity contribution < 1.29 is 22.7 Å². The van der Waals surface area contributed by atoms with Crippen molar-refractivity contribution in [3.8, 4) is 0 Å². The second-order valence-corrected chi connectivity index (χ2v) is 7.51. The molecule has 0 bridgehead atoms. The number of hydrogen-bond donors (Lipinski definition) is 1. The summed E-state index contributed by atoms with van der Waals surface area (Å²) >= 11 is 3.07. The molecular formula is C12H13BrFNO4S. The smallest absolute Gasteiger partial charge is 0.303 e. The van der Waals surface area contributed by atoms with Gasteiger partial charge in [0.25, 0.3) is 0 Å². The summed E-state index contributed by atoms with van der Waals surface area (Å²) in [5, 5.41) is 8.72. The van der Waals surface area contributed by atoms with E-state index in [9.17, 15) is 17.6 Å². The molecule has 110 valence electrons. The summed E-state index contributed by atoms with van der Waals surface area (Å²) in [6, 6.07) is 3.76. The molecule has 0 radical (unpaired) electrons. The average molecular weight is 366 g/mol. The molecule has 0 spiro atoms. The lowest BCUT2D eigenvalue weighted by atomic mass is 10.1. The van der Waals surface area contributed by atoms with Gasteiger partial charge < -0.3 is 5.11 Å². The van der Waals surface area contributed by atoms with Crippen molar-refractivity contribution in [3.05, 3.63) is 28.5 Å². The molecule has 1 aliphatic heterocycles. The van der Waals surface area contributed by atoms with E-state index in [1.165, 1.54) is 12.1 Å². The van der Waals surface area contributed by atoms with Gasteiger partial charge in [0.05, 0.1) is 0 Å². The minimum absolute atomic E-state index is 0.0746. The first-order valence-electron chi connectivity index (χ1n) is 5.97. The number of hydrogen-bond acceptors (Lipinski definition) is 3. The standard InChI is InChI=1S/C12H13BrFNO4S/c13-9-1-2-11(10(14)6-9)20(18,19)15-4-3-8(7-15)5-12(16)17/h1-2,6,8H,3-5,7H2,(H,16,17). The predicted molar refractivity (Wildman–Crippen MR) is 73.2 cm³/mol. The third-order valence-corrected chi connectivity index (χ3v) is 5.62. The molecule has 0 aromatic heterocycles. The van der Waals surface area contributed by atoms with Crippen molar-refractivity contribution in [1.29, 1.82) is 0 Å². The minimum atomic E-state index is -3.91. The van der Waals surface area contributed by atoms with Crippen LogP contribution >= 0.6 is 15.9 Å². The van der Waals surface area contributed by atoms with Crippen LogP contribution in [0.5, 0.6) is 0 Å². The van der Waals surface area contributed by atoms with E-state index in [1.807, 2.05) is 0 Å². The average Bonchev–Trinajstić information content (AvgIpc) is 2.76. The fraction of sp³-hybridized carbons (Fsp3) is 0.417. The van der Waals surface area contributed by atoms with Gasteiger partial charge in [0.2, 0.25) is 10.0 Å². The largest absolute Gasteiger partial charge is 0.481 e. The topological polar surface area (TPSA) is 74.7 Å². The lowest BCUT2D eigenvalue weighted by Gasteiger charge is -2.16. The molecule has 1 atom stereocenters. The van der Waals surface area contributed by atoms with Gasteiger partial charge in [-0.3, -0.25) is 4.79 Å². The summed E-state index contributed by atoms with van der Waals surface area (Å²) in [6.07, 6.45) is 0.401. The van der Waals surface area contributed by atoms with E-state index >= 15 is 0 Å². The molecular weight excluding hydrogens is 353 g/mol. The zero-order chi connectivity index (χ0) is 14.9. The minimum Gasteiger partial charge on any atom is -0.481 e. The van der Waals surface area contributed by atoms with E-state index in [0.29, 0.717) is 10.9 Å². The zero-order valence-corrected chi connectivity index (χ0v) is 12.8. The Morgan fingerprint density at radius 1 is 1.50 bits per heavy atom. The van der Waals surface area contributed by atoms with Gasteiger partial charge in [0.15, 0.2) is 0 Å². The Balaban J connectivity index is 2.21. The van der Waals surface area contributed by atoms with Crippen LogP contribution in [-0.4, -0.2) is 36.9 Å². The zero-order valence-electron chi connectivity index (χ0n) is 10.4. The number of benzene rings is 1. The highest BCUT2D eigenvalue weighted by atomic mass is 79.9.